The first-order chi connectivity index (χ1) is 9.49. The van der Waals surface area contributed by atoms with E-state index in [1.54, 1.807) is 30.3 Å². The molecule has 0 aliphatic heterocycles. The maximum Gasteiger partial charge on any atom is 0.246 e. The number of rotatable bonds is 3. The molecule has 6 heteroatoms. The first-order valence-corrected chi connectivity index (χ1v) is 6.13. The summed E-state index contributed by atoms with van der Waals surface area (Å²) in [7, 11) is 0. The zero-order valence-corrected chi connectivity index (χ0v) is 11.0. The first-order valence-electron chi connectivity index (χ1n) is 5.75. The smallest absolute Gasteiger partial charge is 0.246 e. The molecule has 0 fully saturated rings. The van der Waals surface area contributed by atoms with E-state index >= 15 is 0 Å². The zero-order chi connectivity index (χ0) is 14.7. The van der Waals surface area contributed by atoms with E-state index in [2.05, 4.69) is 5.32 Å². The summed E-state index contributed by atoms with van der Waals surface area (Å²) < 4.78 is 26.5. The molecule has 0 bridgehead atoms. The summed E-state index contributed by atoms with van der Waals surface area (Å²) in [6.07, 6.45) is 0. The summed E-state index contributed by atoms with van der Waals surface area (Å²) in [4.78, 5) is 11.9. The molecule has 104 valence electrons. The fourth-order valence-corrected chi connectivity index (χ4v) is 1.92. The van der Waals surface area contributed by atoms with Crippen LogP contribution in [-0.2, 0) is 4.79 Å². The van der Waals surface area contributed by atoms with Crippen molar-refractivity contribution in [3.8, 4) is 0 Å². The van der Waals surface area contributed by atoms with Crippen LogP contribution in [0.15, 0.2) is 42.5 Å². The molecule has 1 amide bonds. The summed E-state index contributed by atoms with van der Waals surface area (Å²) in [5, 5.41) is 2.04. The molecule has 1 unspecified atom stereocenters. The van der Waals surface area contributed by atoms with Crippen LogP contribution >= 0.6 is 11.6 Å². The van der Waals surface area contributed by atoms with Crippen LogP contribution in [-0.4, -0.2) is 5.91 Å². The SMILES string of the molecule is NC(C(=O)Nc1c(F)cc(F)cc1Cl)c1ccccc1. The summed E-state index contributed by atoms with van der Waals surface area (Å²) in [6.45, 7) is 0. The number of nitrogens with two attached hydrogens (primary N) is 1. The molecule has 3 N–H and O–H groups in total. The van der Waals surface area contributed by atoms with Gasteiger partial charge >= 0.3 is 0 Å². The minimum Gasteiger partial charge on any atom is -0.321 e. The van der Waals surface area contributed by atoms with Crippen molar-refractivity contribution in [2.75, 3.05) is 5.32 Å². The highest BCUT2D eigenvalue weighted by atomic mass is 35.5. The number of benzene rings is 2. The molecule has 3 nitrogen and oxygen atoms in total. The lowest BCUT2D eigenvalue weighted by atomic mass is 10.1. The van der Waals surface area contributed by atoms with E-state index in [1.165, 1.54) is 0 Å². The highest BCUT2D eigenvalue weighted by molar-refractivity contribution is 6.33. The molecule has 2 aromatic carbocycles. The summed E-state index contributed by atoms with van der Waals surface area (Å²) in [5.41, 5.74) is 6.05. The van der Waals surface area contributed by atoms with Gasteiger partial charge in [-0.15, -0.1) is 0 Å². The van der Waals surface area contributed by atoms with Gasteiger partial charge in [0.15, 0.2) is 5.82 Å². The van der Waals surface area contributed by atoms with Crippen molar-refractivity contribution < 1.29 is 13.6 Å². The molecule has 0 aliphatic rings. The van der Waals surface area contributed by atoms with Crippen molar-refractivity contribution in [2.45, 2.75) is 6.04 Å². The van der Waals surface area contributed by atoms with Crippen LogP contribution in [0.3, 0.4) is 0 Å². The fourth-order valence-electron chi connectivity index (χ4n) is 1.67. The van der Waals surface area contributed by atoms with Crippen molar-refractivity contribution in [1.29, 1.82) is 0 Å². The van der Waals surface area contributed by atoms with Gasteiger partial charge in [-0.1, -0.05) is 41.9 Å². The lowest BCUT2D eigenvalue weighted by molar-refractivity contribution is -0.117. The Bertz CT molecular complexity index is 611. The van der Waals surface area contributed by atoms with E-state index in [-0.39, 0.29) is 10.7 Å². The zero-order valence-electron chi connectivity index (χ0n) is 10.2. The lowest BCUT2D eigenvalue weighted by Crippen LogP contribution is -2.28. The summed E-state index contributed by atoms with van der Waals surface area (Å²) in [5.74, 6) is -2.41. The average Bonchev–Trinajstić information content (AvgIpc) is 2.42. The summed E-state index contributed by atoms with van der Waals surface area (Å²) in [6, 6.07) is 9.16. The Morgan fingerprint density at radius 3 is 2.45 bits per heavy atom. The lowest BCUT2D eigenvalue weighted by Gasteiger charge is -2.14. The molecule has 2 rings (SSSR count). The number of anilines is 1. The van der Waals surface area contributed by atoms with Crippen molar-refractivity contribution in [1.82, 2.24) is 0 Å². The van der Waals surface area contributed by atoms with Crippen molar-refractivity contribution in [2.24, 2.45) is 5.73 Å². The maximum atomic E-state index is 13.6. The third-order valence-electron chi connectivity index (χ3n) is 2.70. The third-order valence-corrected chi connectivity index (χ3v) is 2.99. The van der Waals surface area contributed by atoms with Gasteiger partial charge in [0.05, 0.1) is 10.7 Å². The van der Waals surface area contributed by atoms with Crippen LogP contribution in [0.25, 0.3) is 0 Å². The minimum atomic E-state index is -0.975. The minimum absolute atomic E-state index is 0.226. The van der Waals surface area contributed by atoms with E-state index in [0.717, 1.165) is 6.07 Å². The van der Waals surface area contributed by atoms with Crippen LogP contribution in [0.5, 0.6) is 0 Å². The van der Waals surface area contributed by atoms with Gasteiger partial charge in [-0.25, -0.2) is 8.78 Å². The van der Waals surface area contributed by atoms with Gasteiger partial charge in [-0.2, -0.15) is 0 Å². The molecule has 1 atom stereocenters. The van der Waals surface area contributed by atoms with E-state index in [0.29, 0.717) is 11.6 Å². The second kappa shape index (κ2) is 5.98. The predicted molar refractivity (Wildman–Crippen MR) is 73.4 cm³/mol. The van der Waals surface area contributed by atoms with Gasteiger partial charge in [0.1, 0.15) is 11.9 Å². The molecular weight excluding hydrogens is 286 g/mol. The quantitative estimate of drug-likeness (QED) is 0.913. The van der Waals surface area contributed by atoms with Crippen molar-refractivity contribution in [3.63, 3.8) is 0 Å². The van der Waals surface area contributed by atoms with E-state index in [1.807, 2.05) is 0 Å². The van der Waals surface area contributed by atoms with Gasteiger partial charge in [0, 0.05) is 6.07 Å². The number of hydrogen-bond donors (Lipinski definition) is 2. The molecule has 0 heterocycles. The van der Waals surface area contributed by atoms with Gasteiger partial charge in [-0.3, -0.25) is 4.79 Å². The highest BCUT2D eigenvalue weighted by Crippen LogP contribution is 2.27. The highest BCUT2D eigenvalue weighted by Gasteiger charge is 2.19. The standard InChI is InChI=1S/C14H11ClF2N2O/c15-10-6-9(16)7-11(17)13(10)19-14(20)12(18)8-4-2-1-3-5-8/h1-7,12H,18H2,(H,19,20). The Kier molecular flexibility index (Phi) is 4.32. The maximum absolute atomic E-state index is 13.6. The topological polar surface area (TPSA) is 55.1 Å². The van der Waals surface area contributed by atoms with Crippen molar-refractivity contribution >= 4 is 23.2 Å². The molecule has 0 saturated heterocycles. The third kappa shape index (κ3) is 3.12. The van der Waals surface area contributed by atoms with Crippen LogP contribution < -0.4 is 11.1 Å². The van der Waals surface area contributed by atoms with Gasteiger partial charge in [-0.05, 0) is 11.6 Å². The Hall–Kier alpha value is -1.98. The molecule has 0 aliphatic carbocycles. The first kappa shape index (κ1) is 14.4. The van der Waals surface area contributed by atoms with Crippen LogP contribution in [0, 0.1) is 11.6 Å². The molecule has 0 radical (unpaired) electrons. The van der Waals surface area contributed by atoms with Crippen LogP contribution in [0.2, 0.25) is 5.02 Å². The number of amides is 1. The summed E-state index contributed by atoms with van der Waals surface area (Å²) >= 11 is 5.69. The molecule has 2 aromatic rings. The van der Waals surface area contributed by atoms with E-state index in [9.17, 15) is 13.6 Å². The number of hydrogen-bond acceptors (Lipinski definition) is 2. The Morgan fingerprint density at radius 1 is 1.20 bits per heavy atom. The Morgan fingerprint density at radius 2 is 1.85 bits per heavy atom. The van der Waals surface area contributed by atoms with Crippen molar-refractivity contribution in [3.05, 3.63) is 64.7 Å². The number of nitrogens with one attached hydrogen (secondary N) is 1. The van der Waals surface area contributed by atoms with E-state index < -0.39 is 23.6 Å². The largest absolute Gasteiger partial charge is 0.321 e. The molecule has 20 heavy (non-hydrogen) atoms. The second-order valence-electron chi connectivity index (χ2n) is 4.12. The Balaban J connectivity index is 2.20. The molecule has 0 spiro atoms. The van der Waals surface area contributed by atoms with Gasteiger partial charge < -0.3 is 11.1 Å². The van der Waals surface area contributed by atoms with Crippen LogP contribution in [0.1, 0.15) is 11.6 Å². The second-order valence-corrected chi connectivity index (χ2v) is 4.53. The number of halogens is 3. The van der Waals surface area contributed by atoms with Crippen LogP contribution in [0.4, 0.5) is 14.5 Å². The number of carbonyl (C=O) groups is 1. The average molecular weight is 297 g/mol. The fraction of sp³-hybridized carbons (Fsp3) is 0.0714. The number of carbonyl (C=O) groups excluding carboxylic acids is 1. The monoisotopic (exact) mass is 296 g/mol. The predicted octanol–water partition coefficient (Wildman–Crippen LogP) is 3.26. The molecule has 0 saturated carbocycles. The van der Waals surface area contributed by atoms with Gasteiger partial charge in [0.2, 0.25) is 5.91 Å². The van der Waals surface area contributed by atoms with E-state index in [4.69, 9.17) is 17.3 Å². The normalized spacial score (nSPS) is 12.0. The van der Waals surface area contributed by atoms with Gasteiger partial charge in [0.25, 0.3) is 0 Å². The Labute approximate surface area is 119 Å². The molecule has 0 aromatic heterocycles. The molecular formula is C14H11ClF2N2O.